The third-order valence-corrected chi connectivity index (χ3v) is 3.04. The van der Waals surface area contributed by atoms with Crippen LogP contribution in [0.4, 0.5) is 0 Å². The maximum absolute atomic E-state index is 12.2. The lowest BCUT2D eigenvalue weighted by Gasteiger charge is -2.29. The van der Waals surface area contributed by atoms with Crippen LogP contribution in [0.25, 0.3) is 0 Å². The van der Waals surface area contributed by atoms with Crippen LogP contribution in [0.1, 0.15) is 33.6 Å². The Hall–Kier alpha value is -0.610. The fraction of sp³-hybridized carbons (Fsp3) is 0.917. The van der Waals surface area contributed by atoms with Gasteiger partial charge in [0.2, 0.25) is 5.91 Å². The minimum atomic E-state index is -0.441. The summed E-state index contributed by atoms with van der Waals surface area (Å²) in [5, 5.41) is 3.37. The molecule has 1 atom stereocenters. The highest BCUT2D eigenvalue weighted by atomic mass is 16.5. The van der Waals surface area contributed by atoms with Crippen molar-refractivity contribution in [2.75, 3.05) is 26.8 Å². The minimum Gasteiger partial charge on any atom is -0.385 e. The number of rotatable bonds is 4. The van der Waals surface area contributed by atoms with Crippen LogP contribution in [0.3, 0.4) is 0 Å². The first-order valence-corrected chi connectivity index (χ1v) is 6.03. The number of amides is 1. The highest BCUT2D eigenvalue weighted by Crippen LogP contribution is 2.15. The summed E-state index contributed by atoms with van der Waals surface area (Å²) in [6.07, 6.45) is 1.93. The van der Waals surface area contributed by atoms with Gasteiger partial charge in [-0.05, 0) is 33.6 Å². The lowest BCUT2D eigenvalue weighted by molar-refractivity contribution is -0.136. The van der Waals surface area contributed by atoms with Crippen molar-refractivity contribution in [2.24, 2.45) is 0 Å². The summed E-state index contributed by atoms with van der Waals surface area (Å²) in [7, 11) is 1.69. The van der Waals surface area contributed by atoms with E-state index in [2.05, 4.69) is 12.2 Å². The fourth-order valence-electron chi connectivity index (χ4n) is 2.21. The molecule has 94 valence electrons. The van der Waals surface area contributed by atoms with Crippen LogP contribution in [-0.2, 0) is 9.53 Å². The maximum atomic E-state index is 12.2. The van der Waals surface area contributed by atoms with Crippen molar-refractivity contribution >= 4 is 5.91 Å². The molecular formula is C12H24N2O2. The lowest BCUT2D eigenvalue weighted by atomic mass is 10.0. The molecule has 1 N–H and O–H groups in total. The standard InChI is InChI=1S/C12H24N2O2/c1-10-6-8-14(7-5-9-16-4)11(15)12(2,3)13-10/h10,13H,5-9H2,1-4H3. The highest BCUT2D eigenvalue weighted by Gasteiger charge is 2.35. The molecule has 1 rings (SSSR count). The van der Waals surface area contributed by atoms with Crippen LogP contribution in [0.15, 0.2) is 0 Å². The zero-order valence-electron chi connectivity index (χ0n) is 10.9. The second-order valence-electron chi connectivity index (χ2n) is 5.10. The van der Waals surface area contributed by atoms with Gasteiger partial charge in [0.05, 0.1) is 5.54 Å². The van der Waals surface area contributed by atoms with Gasteiger partial charge < -0.3 is 15.0 Å². The lowest BCUT2D eigenvalue weighted by Crippen LogP contribution is -2.53. The smallest absolute Gasteiger partial charge is 0.242 e. The van der Waals surface area contributed by atoms with Crippen LogP contribution < -0.4 is 5.32 Å². The Balaban J connectivity index is 2.58. The third kappa shape index (κ3) is 3.46. The molecule has 1 heterocycles. The van der Waals surface area contributed by atoms with E-state index in [1.54, 1.807) is 7.11 Å². The predicted octanol–water partition coefficient (Wildman–Crippen LogP) is 1.01. The molecule has 0 spiro atoms. The van der Waals surface area contributed by atoms with Gasteiger partial charge >= 0.3 is 0 Å². The fourth-order valence-corrected chi connectivity index (χ4v) is 2.21. The van der Waals surface area contributed by atoms with Gasteiger partial charge in [-0.2, -0.15) is 0 Å². The van der Waals surface area contributed by atoms with E-state index in [4.69, 9.17) is 4.74 Å². The molecule has 1 aliphatic rings. The van der Waals surface area contributed by atoms with Gasteiger partial charge in [0, 0.05) is 32.8 Å². The first-order chi connectivity index (χ1) is 7.47. The van der Waals surface area contributed by atoms with Gasteiger partial charge in [-0.25, -0.2) is 0 Å². The van der Waals surface area contributed by atoms with E-state index < -0.39 is 5.54 Å². The highest BCUT2D eigenvalue weighted by molar-refractivity contribution is 5.85. The summed E-state index contributed by atoms with van der Waals surface area (Å²) in [5.41, 5.74) is -0.441. The van der Waals surface area contributed by atoms with E-state index in [1.807, 2.05) is 18.7 Å². The van der Waals surface area contributed by atoms with Gasteiger partial charge in [-0.3, -0.25) is 4.79 Å². The number of methoxy groups -OCH3 is 1. The van der Waals surface area contributed by atoms with Crippen LogP contribution in [-0.4, -0.2) is 49.2 Å². The zero-order chi connectivity index (χ0) is 12.2. The van der Waals surface area contributed by atoms with E-state index in [1.165, 1.54) is 0 Å². The molecule has 4 heteroatoms. The molecule has 1 unspecified atom stereocenters. The second kappa shape index (κ2) is 5.64. The van der Waals surface area contributed by atoms with E-state index in [9.17, 15) is 4.79 Å². The second-order valence-corrected chi connectivity index (χ2v) is 5.10. The van der Waals surface area contributed by atoms with Crippen LogP contribution in [0.5, 0.6) is 0 Å². The third-order valence-electron chi connectivity index (χ3n) is 3.04. The largest absolute Gasteiger partial charge is 0.385 e. The average molecular weight is 228 g/mol. The number of carbonyl (C=O) groups is 1. The summed E-state index contributed by atoms with van der Waals surface area (Å²) in [6, 6.07) is 0.395. The molecule has 0 saturated carbocycles. The molecule has 16 heavy (non-hydrogen) atoms. The Kier molecular flexibility index (Phi) is 4.74. The Morgan fingerprint density at radius 1 is 1.56 bits per heavy atom. The average Bonchev–Trinajstić information content (AvgIpc) is 2.29. The Morgan fingerprint density at radius 2 is 2.25 bits per heavy atom. The number of nitrogens with one attached hydrogen (secondary N) is 1. The zero-order valence-corrected chi connectivity index (χ0v) is 10.9. The SMILES string of the molecule is COCCCN1CCC(C)NC(C)(C)C1=O. The topological polar surface area (TPSA) is 41.6 Å². The van der Waals surface area contributed by atoms with Crippen molar-refractivity contribution in [3.63, 3.8) is 0 Å². The molecule has 0 aromatic heterocycles. The summed E-state index contributed by atoms with van der Waals surface area (Å²) in [4.78, 5) is 14.2. The molecular weight excluding hydrogens is 204 g/mol. The normalized spacial score (nSPS) is 25.6. The molecule has 0 aromatic carbocycles. The van der Waals surface area contributed by atoms with E-state index in [-0.39, 0.29) is 5.91 Å². The molecule has 1 saturated heterocycles. The quantitative estimate of drug-likeness (QED) is 0.730. The van der Waals surface area contributed by atoms with E-state index in [0.717, 1.165) is 25.9 Å². The first kappa shape index (κ1) is 13.5. The van der Waals surface area contributed by atoms with Crippen LogP contribution in [0.2, 0.25) is 0 Å². The number of hydrogen-bond donors (Lipinski definition) is 1. The van der Waals surface area contributed by atoms with Crippen molar-refractivity contribution < 1.29 is 9.53 Å². The molecule has 0 radical (unpaired) electrons. The van der Waals surface area contributed by atoms with Crippen LogP contribution in [0, 0.1) is 0 Å². The maximum Gasteiger partial charge on any atom is 0.242 e. The molecule has 4 nitrogen and oxygen atoms in total. The molecule has 1 amide bonds. The van der Waals surface area contributed by atoms with Crippen molar-refractivity contribution in [1.82, 2.24) is 10.2 Å². The van der Waals surface area contributed by atoms with E-state index >= 15 is 0 Å². The Bertz CT molecular complexity index is 241. The monoisotopic (exact) mass is 228 g/mol. The van der Waals surface area contributed by atoms with E-state index in [0.29, 0.717) is 12.6 Å². The molecule has 0 bridgehead atoms. The van der Waals surface area contributed by atoms with Gasteiger partial charge in [0.25, 0.3) is 0 Å². The molecule has 1 aliphatic heterocycles. The van der Waals surface area contributed by atoms with Crippen molar-refractivity contribution in [2.45, 2.75) is 45.2 Å². The van der Waals surface area contributed by atoms with Crippen molar-refractivity contribution in [1.29, 1.82) is 0 Å². The summed E-state index contributed by atoms with van der Waals surface area (Å²) in [5.74, 6) is 0.202. The number of carbonyl (C=O) groups excluding carboxylic acids is 1. The number of ether oxygens (including phenoxy) is 1. The van der Waals surface area contributed by atoms with Gasteiger partial charge in [-0.1, -0.05) is 0 Å². The van der Waals surface area contributed by atoms with Crippen LogP contribution >= 0.6 is 0 Å². The number of hydrogen-bond acceptors (Lipinski definition) is 3. The summed E-state index contributed by atoms with van der Waals surface area (Å²) in [6.45, 7) is 8.41. The predicted molar refractivity (Wildman–Crippen MR) is 64.4 cm³/mol. The van der Waals surface area contributed by atoms with Gasteiger partial charge in [0.15, 0.2) is 0 Å². The summed E-state index contributed by atoms with van der Waals surface area (Å²) < 4.78 is 5.02. The van der Waals surface area contributed by atoms with Crippen molar-refractivity contribution in [3.8, 4) is 0 Å². The van der Waals surface area contributed by atoms with Gasteiger partial charge in [0.1, 0.15) is 0 Å². The minimum absolute atomic E-state index is 0.202. The molecule has 0 aromatic rings. The Labute approximate surface area is 98.3 Å². The summed E-state index contributed by atoms with van der Waals surface area (Å²) >= 11 is 0. The molecule has 0 aliphatic carbocycles. The number of nitrogens with zero attached hydrogens (tertiary/aromatic N) is 1. The first-order valence-electron chi connectivity index (χ1n) is 6.03. The Morgan fingerprint density at radius 3 is 2.88 bits per heavy atom. The van der Waals surface area contributed by atoms with Crippen molar-refractivity contribution in [3.05, 3.63) is 0 Å². The van der Waals surface area contributed by atoms with Gasteiger partial charge in [-0.15, -0.1) is 0 Å². The molecule has 1 fully saturated rings.